The molecule has 0 unspecified atom stereocenters. The molecule has 0 aromatic heterocycles. The largest absolute Gasteiger partial charge is 0.0795 e. The van der Waals surface area contributed by atoms with Crippen molar-refractivity contribution in [1.82, 2.24) is 0 Å². The van der Waals surface area contributed by atoms with E-state index in [4.69, 9.17) is 0 Å². The molecule has 0 nitrogen and oxygen atoms in total. The number of rotatable bonds is 3. The first-order valence-electron chi connectivity index (χ1n) is 9.41. The van der Waals surface area contributed by atoms with Crippen LogP contribution in [-0.2, 0) is 12.8 Å². The molecule has 5 rings (SSSR count). The maximum atomic E-state index is 2.38. The van der Waals surface area contributed by atoms with Gasteiger partial charge in [0, 0.05) is 0 Å². The Morgan fingerprint density at radius 2 is 1.64 bits per heavy atom. The van der Waals surface area contributed by atoms with Crippen molar-refractivity contribution in [3.63, 3.8) is 0 Å². The van der Waals surface area contributed by atoms with Gasteiger partial charge in [0.25, 0.3) is 0 Å². The summed E-state index contributed by atoms with van der Waals surface area (Å²) in [6, 6.07) is 20.9. The topological polar surface area (TPSA) is 0 Å². The fourth-order valence-electron chi connectivity index (χ4n) is 4.22. The minimum absolute atomic E-state index is 1.07. The van der Waals surface area contributed by atoms with Crippen molar-refractivity contribution in [3.8, 4) is 0 Å². The Morgan fingerprint density at radius 1 is 0.760 bits per heavy atom. The third kappa shape index (κ3) is 2.36. The van der Waals surface area contributed by atoms with Crippen LogP contribution in [0.2, 0.25) is 0 Å². The van der Waals surface area contributed by atoms with Gasteiger partial charge in [-0.3, -0.25) is 0 Å². The lowest BCUT2D eigenvalue weighted by Crippen LogP contribution is -1.87. The molecule has 0 aliphatic heterocycles. The highest BCUT2D eigenvalue weighted by atomic mass is 14.1. The van der Waals surface area contributed by atoms with E-state index in [1.807, 2.05) is 0 Å². The zero-order chi connectivity index (χ0) is 16.8. The van der Waals surface area contributed by atoms with E-state index in [1.165, 1.54) is 68.3 Å². The molecule has 4 aromatic carbocycles. The van der Waals surface area contributed by atoms with E-state index in [2.05, 4.69) is 73.7 Å². The van der Waals surface area contributed by atoms with Gasteiger partial charge in [0.2, 0.25) is 0 Å². The molecule has 0 atom stereocenters. The summed E-state index contributed by atoms with van der Waals surface area (Å²) in [7, 11) is 0. The van der Waals surface area contributed by atoms with Crippen molar-refractivity contribution in [3.05, 3.63) is 77.4 Å². The summed E-state index contributed by atoms with van der Waals surface area (Å²) in [5, 5.41) is 8.18. The molecule has 1 aliphatic carbocycles. The van der Waals surface area contributed by atoms with Gasteiger partial charge < -0.3 is 0 Å². The quantitative estimate of drug-likeness (QED) is 0.280. The van der Waals surface area contributed by atoms with Crippen molar-refractivity contribution >= 4 is 38.4 Å². The maximum absolute atomic E-state index is 2.38. The zero-order valence-corrected chi connectivity index (χ0v) is 14.7. The predicted molar refractivity (Wildman–Crippen MR) is 110 cm³/mol. The Balaban J connectivity index is 1.75. The predicted octanol–water partition coefficient (Wildman–Crippen LogP) is 7.06. The van der Waals surface area contributed by atoms with Crippen LogP contribution in [0.4, 0.5) is 0 Å². The van der Waals surface area contributed by atoms with E-state index in [0.29, 0.717) is 0 Å². The van der Waals surface area contributed by atoms with E-state index in [1.54, 1.807) is 0 Å². The van der Waals surface area contributed by atoms with Crippen LogP contribution in [0, 0.1) is 0 Å². The monoisotopic (exact) mass is 322 g/mol. The van der Waals surface area contributed by atoms with Crippen LogP contribution in [0.3, 0.4) is 0 Å². The van der Waals surface area contributed by atoms with Crippen molar-refractivity contribution in [1.29, 1.82) is 0 Å². The first-order valence-corrected chi connectivity index (χ1v) is 9.41. The average Bonchev–Trinajstić information content (AvgIpc) is 3.13. The van der Waals surface area contributed by atoms with Gasteiger partial charge in [0.15, 0.2) is 0 Å². The highest BCUT2D eigenvalue weighted by molar-refractivity contribution is 6.14. The molecule has 0 N–H and O–H groups in total. The van der Waals surface area contributed by atoms with Crippen molar-refractivity contribution in [2.45, 2.75) is 32.6 Å². The summed E-state index contributed by atoms with van der Waals surface area (Å²) >= 11 is 0. The molecule has 0 fully saturated rings. The minimum Gasteiger partial charge on any atom is -0.0795 e. The van der Waals surface area contributed by atoms with Crippen molar-refractivity contribution < 1.29 is 0 Å². The summed E-state index contributed by atoms with van der Waals surface area (Å²) < 4.78 is 0. The van der Waals surface area contributed by atoms with Gasteiger partial charge in [0.1, 0.15) is 0 Å². The normalized spacial score (nSPS) is 13.2. The lowest BCUT2D eigenvalue weighted by Gasteiger charge is -2.10. The van der Waals surface area contributed by atoms with Gasteiger partial charge in [-0.15, -0.1) is 0 Å². The number of benzene rings is 4. The van der Waals surface area contributed by atoms with Crippen LogP contribution < -0.4 is 0 Å². The third-order valence-electron chi connectivity index (χ3n) is 5.61. The average molecular weight is 322 g/mol. The first-order chi connectivity index (χ1) is 12.3. The summed E-state index contributed by atoms with van der Waals surface area (Å²) in [5.41, 5.74) is 4.32. The van der Waals surface area contributed by atoms with Crippen LogP contribution in [0.1, 0.15) is 36.5 Å². The van der Waals surface area contributed by atoms with Crippen LogP contribution in [0.15, 0.2) is 60.7 Å². The van der Waals surface area contributed by atoms with E-state index < -0.39 is 0 Å². The highest BCUT2D eigenvalue weighted by Crippen LogP contribution is 2.35. The molecule has 0 saturated carbocycles. The van der Waals surface area contributed by atoms with Gasteiger partial charge in [0.05, 0.1) is 0 Å². The van der Waals surface area contributed by atoms with E-state index in [9.17, 15) is 0 Å². The van der Waals surface area contributed by atoms with Gasteiger partial charge in [-0.05, 0) is 80.4 Å². The van der Waals surface area contributed by atoms with Crippen molar-refractivity contribution in [2.75, 3.05) is 0 Å². The molecule has 0 radical (unpaired) electrons. The molecular weight excluding hydrogens is 300 g/mol. The van der Waals surface area contributed by atoms with Crippen LogP contribution >= 0.6 is 0 Å². The standard InChI is InChI=1S/C25H22/c1-2-3-5-17-8-9-19-16-25-20(15-21(19)14-17)11-13-23-22-7-4-6-18(22)10-12-24(23)25/h4,7-16H,2-3,5-6H2,1H3. The Hall–Kier alpha value is -2.60. The molecule has 0 amide bonds. The summed E-state index contributed by atoms with van der Waals surface area (Å²) in [4.78, 5) is 0. The molecule has 0 spiro atoms. The fourth-order valence-corrected chi connectivity index (χ4v) is 4.22. The summed E-state index contributed by atoms with van der Waals surface area (Å²) in [6.45, 7) is 2.26. The van der Waals surface area contributed by atoms with Crippen LogP contribution in [0.5, 0.6) is 0 Å². The van der Waals surface area contributed by atoms with Crippen LogP contribution in [-0.4, -0.2) is 0 Å². The van der Waals surface area contributed by atoms with Gasteiger partial charge in [-0.1, -0.05) is 68.0 Å². The Labute approximate surface area is 148 Å². The second kappa shape index (κ2) is 5.74. The van der Waals surface area contributed by atoms with E-state index in [-0.39, 0.29) is 0 Å². The van der Waals surface area contributed by atoms with Gasteiger partial charge in [-0.2, -0.15) is 0 Å². The summed E-state index contributed by atoms with van der Waals surface area (Å²) in [5.74, 6) is 0. The highest BCUT2D eigenvalue weighted by Gasteiger charge is 2.11. The van der Waals surface area contributed by atoms with Gasteiger partial charge in [-0.25, -0.2) is 0 Å². The summed E-state index contributed by atoms with van der Waals surface area (Å²) in [6.07, 6.45) is 9.32. The molecule has 0 saturated heterocycles. The smallest absolute Gasteiger partial charge is 0.00879 e. The minimum atomic E-state index is 1.07. The lowest BCUT2D eigenvalue weighted by molar-refractivity contribution is 0.796. The second-order valence-electron chi connectivity index (χ2n) is 7.26. The Morgan fingerprint density at radius 3 is 2.56 bits per heavy atom. The number of aryl methyl sites for hydroxylation is 1. The molecule has 4 aromatic rings. The molecule has 0 heterocycles. The van der Waals surface area contributed by atoms with Crippen LogP contribution in [0.25, 0.3) is 38.4 Å². The maximum Gasteiger partial charge on any atom is -0.00879 e. The molecule has 0 bridgehead atoms. The fraction of sp³-hybridized carbons (Fsp3) is 0.200. The molecule has 122 valence electrons. The lowest BCUT2D eigenvalue weighted by atomic mass is 9.93. The van der Waals surface area contributed by atoms with Crippen molar-refractivity contribution in [2.24, 2.45) is 0 Å². The number of hydrogen-bond acceptors (Lipinski definition) is 0. The van der Waals surface area contributed by atoms with Gasteiger partial charge >= 0.3 is 0 Å². The molecule has 0 heteroatoms. The number of hydrogen-bond donors (Lipinski definition) is 0. The number of allylic oxidation sites excluding steroid dienone is 1. The Kier molecular flexibility index (Phi) is 3.38. The van der Waals surface area contributed by atoms with E-state index >= 15 is 0 Å². The second-order valence-corrected chi connectivity index (χ2v) is 7.26. The SMILES string of the molecule is CCCCc1ccc2cc3c(ccc4c5c(ccc43)CC=C5)cc2c1. The zero-order valence-electron chi connectivity index (χ0n) is 14.7. The molecular formula is C25H22. The van der Waals surface area contributed by atoms with E-state index in [0.717, 1.165) is 6.42 Å². The third-order valence-corrected chi connectivity index (χ3v) is 5.61. The number of unbranched alkanes of at least 4 members (excludes halogenated alkanes) is 1. The number of fused-ring (bicyclic) bond motifs is 6. The first kappa shape index (κ1) is 14.7. The molecule has 1 aliphatic rings. The molecule has 25 heavy (non-hydrogen) atoms. The Bertz CT molecular complexity index is 1150.